The molecule has 2 aromatic carbocycles. The highest BCUT2D eigenvalue weighted by Gasteiger charge is 2.38. The number of carboxylic acid groups (broad SMARTS) is 1. The summed E-state index contributed by atoms with van der Waals surface area (Å²) in [5, 5.41) is 36.6. The second kappa shape index (κ2) is 12.5. The molecule has 41 heavy (non-hydrogen) atoms. The summed E-state index contributed by atoms with van der Waals surface area (Å²) in [6.07, 6.45) is -4.73. The van der Waals surface area contributed by atoms with Crippen LogP contribution in [0, 0.1) is 5.92 Å². The SMILES string of the molecule is C[C@H](N)C(=O)N[C@@H](C)C(=O)Nc1ccc2c(c1)/C(=C\C1CC(O)c3ccccc3C1O)C(=O)N2.O=C(O)C(F)(F)F. The van der Waals surface area contributed by atoms with Gasteiger partial charge in [0.25, 0.3) is 5.91 Å². The van der Waals surface area contributed by atoms with Crippen LogP contribution in [-0.2, 0) is 19.2 Å². The largest absolute Gasteiger partial charge is 0.490 e. The molecule has 11 nitrogen and oxygen atoms in total. The number of aliphatic hydroxyl groups is 2. The summed E-state index contributed by atoms with van der Waals surface area (Å²) in [7, 11) is 0. The van der Waals surface area contributed by atoms with Gasteiger partial charge < -0.3 is 37.0 Å². The number of halogens is 3. The van der Waals surface area contributed by atoms with E-state index in [1.165, 1.54) is 6.92 Å². The highest BCUT2D eigenvalue weighted by Crippen LogP contribution is 2.43. The van der Waals surface area contributed by atoms with Crippen molar-refractivity contribution in [3.05, 3.63) is 65.2 Å². The van der Waals surface area contributed by atoms with Gasteiger partial charge >= 0.3 is 12.1 Å². The van der Waals surface area contributed by atoms with Crippen molar-refractivity contribution in [2.24, 2.45) is 11.7 Å². The maximum atomic E-state index is 12.7. The van der Waals surface area contributed by atoms with E-state index < -0.39 is 54.2 Å². The van der Waals surface area contributed by atoms with Gasteiger partial charge in [-0.1, -0.05) is 30.3 Å². The van der Waals surface area contributed by atoms with Crippen LogP contribution in [0.5, 0.6) is 0 Å². The van der Waals surface area contributed by atoms with E-state index in [0.29, 0.717) is 33.6 Å². The van der Waals surface area contributed by atoms with Gasteiger partial charge in [-0.3, -0.25) is 14.4 Å². The Hall–Kier alpha value is -4.27. The standard InChI is InChI=1S/C25H28N4O5.C2HF3O2/c1-12(26)23(32)27-13(2)24(33)28-15-7-8-20-18(11-15)19(25(34)29-20)9-14-10-21(30)16-5-3-4-6-17(16)22(14)31;3-2(4,5)1(6)7/h3-9,11-14,21-22,30-31H,10,26H2,1-2H3,(H,27,32)(H,28,33)(H,29,34);(H,6,7)/b19-9+;/t12-,13-,14?,21?,22?;/m0./s1. The smallest absolute Gasteiger partial charge is 0.475 e. The Morgan fingerprint density at radius 1 is 1.07 bits per heavy atom. The summed E-state index contributed by atoms with van der Waals surface area (Å²) in [5.74, 6) is -4.42. The maximum Gasteiger partial charge on any atom is 0.490 e. The number of fused-ring (bicyclic) bond motifs is 2. The summed E-state index contributed by atoms with van der Waals surface area (Å²) in [6, 6.07) is 10.6. The van der Waals surface area contributed by atoms with Gasteiger partial charge in [-0.05, 0) is 49.6 Å². The number of rotatable bonds is 5. The molecular weight excluding hydrogens is 549 g/mol. The lowest BCUT2D eigenvalue weighted by atomic mass is 9.78. The number of nitrogens with two attached hydrogens (primary N) is 1. The van der Waals surface area contributed by atoms with E-state index >= 15 is 0 Å². The first-order valence-corrected chi connectivity index (χ1v) is 12.4. The zero-order valence-electron chi connectivity index (χ0n) is 21.9. The molecule has 0 bridgehead atoms. The minimum atomic E-state index is -5.08. The van der Waals surface area contributed by atoms with E-state index in [-0.39, 0.29) is 12.3 Å². The third-order valence-electron chi connectivity index (χ3n) is 6.43. The molecule has 1 heterocycles. The molecule has 2 aromatic rings. The van der Waals surface area contributed by atoms with Crippen molar-refractivity contribution in [3.63, 3.8) is 0 Å². The molecule has 2 aliphatic rings. The molecule has 0 fully saturated rings. The van der Waals surface area contributed by atoms with Crippen LogP contribution in [0.2, 0.25) is 0 Å². The Morgan fingerprint density at radius 3 is 2.27 bits per heavy atom. The van der Waals surface area contributed by atoms with Crippen molar-refractivity contribution in [1.82, 2.24) is 5.32 Å². The number of aliphatic carboxylic acids is 1. The molecule has 4 rings (SSSR count). The Balaban J connectivity index is 0.000000587. The van der Waals surface area contributed by atoms with Crippen molar-refractivity contribution in [2.75, 3.05) is 10.6 Å². The highest BCUT2D eigenvalue weighted by atomic mass is 19.4. The highest BCUT2D eigenvalue weighted by molar-refractivity contribution is 6.31. The van der Waals surface area contributed by atoms with Gasteiger partial charge in [-0.25, -0.2) is 4.79 Å². The number of nitrogens with one attached hydrogen (secondary N) is 3. The second-order valence-corrected chi connectivity index (χ2v) is 9.60. The Bertz CT molecular complexity index is 1380. The quantitative estimate of drug-likeness (QED) is 0.263. The second-order valence-electron chi connectivity index (χ2n) is 9.60. The average Bonchev–Trinajstić information content (AvgIpc) is 3.20. The van der Waals surface area contributed by atoms with Crippen molar-refractivity contribution in [3.8, 4) is 0 Å². The van der Waals surface area contributed by atoms with Crippen molar-refractivity contribution < 1.29 is 47.7 Å². The lowest BCUT2D eigenvalue weighted by Crippen LogP contribution is -2.47. The molecular formula is C27H29F3N4O7. The summed E-state index contributed by atoms with van der Waals surface area (Å²) < 4.78 is 31.7. The number of amides is 3. The summed E-state index contributed by atoms with van der Waals surface area (Å²) in [6.45, 7) is 3.08. The van der Waals surface area contributed by atoms with E-state index in [9.17, 15) is 37.8 Å². The van der Waals surface area contributed by atoms with Gasteiger partial charge in [0.2, 0.25) is 11.8 Å². The zero-order chi connectivity index (χ0) is 30.6. The van der Waals surface area contributed by atoms with Gasteiger partial charge in [-0.15, -0.1) is 0 Å². The number of hydrogen-bond donors (Lipinski definition) is 7. The van der Waals surface area contributed by atoms with Crippen LogP contribution in [0.3, 0.4) is 0 Å². The first-order chi connectivity index (χ1) is 19.1. The number of benzene rings is 2. The van der Waals surface area contributed by atoms with Gasteiger partial charge in [-0.2, -0.15) is 13.2 Å². The predicted molar refractivity (Wildman–Crippen MR) is 141 cm³/mol. The first kappa shape index (κ1) is 31.3. The topological polar surface area (TPSA) is 191 Å². The van der Waals surface area contributed by atoms with Crippen LogP contribution in [-0.4, -0.2) is 57.3 Å². The fraction of sp³-hybridized carbons (Fsp3) is 0.333. The molecule has 3 unspecified atom stereocenters. The summed E-state index contributed by atoms with van der Waals surface area (Å²) in [5.41, 5.74) is 8.83. The number of carboxylic acids is 1. The van der Waals surface area contributed by atoms with E-state index in [1.807, 2.05) is 6.07 Å². The van der Waals surface area contributed by atoms with Crippen molar-refractivity contribution in [1.29, 1.82) is 0 Å². The Morgan fingerprint density at radius 2 is 1.68 bits per heavy atom. The fourth-order valence-electron chi connectivity index (χ4n) is 4.29. The summed E-state index contributed by atoms with van der Waals surface area (Å²) in [4.78, 5) is 45.8. The molecule has 0 saturated heterocycles. The predicted octanol–water partition coefficient (Wildman–Crippen LogP) is 2.23. The normalized spacial score (nSPS) is 21.8. The molecule has 0 spiro atoms. The molecule has 0 radical (unpaired) electrons. The lowest BCUT2D eigenvalue weighted by molar-refractivity contribution is -0.192. The van der Waals surface area contributed by atoms with E-state index in [0.717, 1.165) is 0 Å². The third-order valence-corrected chi connectivity index (χ3v) is 6.43. The van der Waals surface area contributed by atoms with E-state index in [2.05, 4.69) is 16.0 Å². The van der Waals surface area contributed by atoms with Gasteiger partial charge in [0, 0.05) is 28.4 Å². The van der Waals surface area contributed by atoms with E-state index in [1.54, 1.807) is 49.4 Å². The molecule has 0 aromatic heterocycles. The monoisotopic (exact) mass is 578 g/mol. The Kier molecular flexibility index (Phi) is 9.53. The third kappa shape index (κ3) is 7.48. The van der Waals surface area contributed by atoms with Gasteiger partial charge in [0.15, 0.2) is 0 Å². The minimum absolute atomic E-state index is 0.275. The summed E-state index contributed by atoms with van der Waals surface area (Å²) >= 11 is 0. The molecule has 1 aliphatic carbocycles. The lowest BCUT2D eigenvalue weighted by Gasteiger charge is -2.31. The molecule has 3 amide bonds. The van der Waals surface area contributed by atoms with Gasteiger partial charge in [0.05, 0.1) is 18.2 Å². The zero-order valence-corrected chi connectivity index (χ0v) is 21.9. The molecule has 220 valence electrons. The van der Waals surface area contributed by atoms with Crippen molar-refractivity contribution in [2.45, 2.75) is 50.7 Å². The average molecular weight is 579 g/mol. The van der Waals surface area contributed by atoms with E-state index in [4.69, 9.17) is 15.6 Å². The van der Waals surface area contributed by atoms with Crippen molar-refractivity contribution >= 4 is 40.6 Å². The number of carbonyl (C=O) groups is 4. The molecule has 0 saturated carbocycles. The van der Waals surface area contributed by atoms with Crippen LogP contribution >= 0.6 is 0 Å². The number of alkyl halides is 3. The fourth-order valence-corrected chi connectivity index (χ4v) is 4.29. The number of carbonyl (C=O) groups excluding carboxylic acids is 3. The number of anilines is 2. The molecule has 8 N–H and O–H groups in total. The maximum absolute atomic E-state index is 12.7. The molecule has 5 atom stereocenters. The molecule has 1 aliphatic heterocycles. The molecule has 14 heteroatoms. The van der Waals surface area contributed by atoms with Crippen LogP contribution in [0.1, 0.15) is 49.2 Å². The van der Waals surface area contributed by atoms with Crippen LogP contribution < -0.4 is 21.7 Å². The first-order valence-electron chi connectivity index (χ1n) is 12.4. The number of hydrogen-bond acceptors (Lipinski definition) is 7. The number of aliphatic hydroxyl groups excluding tert-OH is 2. The van der Waals surface area contributed by atoms with Crippen LogP contribution in [0.4, 0.5) is 24.5 Å². The van der Waals surface area contributed by atoms with Crippen LogP contribution in [0.25, 0.3) is 5.57 Å². The minimum Gasteiger partial charge on any atom is -0.475 e. The Labute approximate surface area is 232 Å². The van der Waals surface area contributed by atoms with Crippen LogP contribution in [0.15, 0.2) is 48.5 Å². The van der Waals surface area contributed by atoms with Gasteiger partial charge in [0.1, 0.15) is 6.04 Å².